The van der Waals surface area contributed by atoms with Gasteiger partial charge in [0.2, 0.25) is 18.2 Å². The van der Waals surface area contributed by atoms with Crippen LogP contribution in [0.5, 0.6) is 0 Å². The third-order valence-corrected chi connectivity index (χ3v) is 6.84. The van der Waals surface area contributed by atoms with Gasteiger partial charge in [-0.2, -0.15) is 5.06 Å². The number of anilines is 1. The van der Waals surface area contributed by atoms with Crippen LogP contribution in [-0.2, 0) is 32.2 Å². The number of hydroxylamine groups is 1. The lowest BCUT2D eigenvalue weighted by molar-refractivity contribution is -0.145. The maximum Gasteiger partial charge on any atom is 0.238 e. The third-order valence-electron chi connectivity index (χ3n) is 6.84. The van der Waals surface area contributed by atoms with E-state index in [9.17, 15) is 14.4 Å². The van der Waals surface area contributed by atoms with Crippen LogP contribution in [0.2, 0.25) is 0 Å². The van der Waals surface area contributed by atoms with Crippen molar-refractivity contribution in [3.63, 3.8) is 0 Å². The molecule has 1 aliphatic rings. The van der Waals surface area contributed by atoms with Crippen molar-refractivity contribution in [1.29, 1.82) is 0 Å². The topological polar surface area (TPSA) is 105 Å². The van der Waals surface area contributed by atoms with Gasteiger partial charge in [-0.05, 0) is 61.9 Å². The predicted octanol–water partition coefficient (Wildman–Crippen LogP) is 2.64. The molecule has 188 valence electrons. The molecule has 1 fully saturated rings. The average Bonchev–Trinajstić information content (AvgIpc) is 2.88. The fourth-order valence-electron chi connectivity index (χ4n) is 4.39. The predicted molar refractivity (Wildman–Crippen MR) is 135 cm³/mol. The molecular formula is C27H36N4O4. The normalized spacial score (nSPS) is 14.9. The largest absolute Gasteiger partial charge is 0.351 e. The molecule has 8 nitrogen and oxygen atoms in total. The van der Waals surface area contributed by atoms with Crippen molar-refractivity contribution < 1.29 is 19.2 Å². The average molecular weight is 481 g/mol. The number of hydrogen-bond acceptors (Lipinski definition) is 5. The van der Waals surface area contributed by atoms with E-state index in [4.69, 9.17) is 10.6 Å². The zero-order chi connectivity index (χ0) is 25.4. The van der Waals surface area contributed by atoms with E-state index in [0.29, 0.717) is 44.6 Å². The van der Waals surface area contributed by atoms with E-state index in [1.807, 2.05) is 50.2 Å². The van der Waals surface area contributed by atoms with Crippen LogP contribution in [0.15, 0.2) is 42.5 Å². The Kier molecular flexibility index (Phi) is 9.01. The van der Waals surface area contributed by atoms with E-state index in [1.54, 1.807) is 4.90 Å². The molecule has 0 spiro atoms. The van der Waals surface area contributed by atoms with E-state index < -0.39 is 5.41 Å². The second-order valence-electron chi connectivity index (χ2n) is 9.20. The molecule has 0 aromatic heterocycles. The Labute approximate surface area is 207 Å². The standard InChI is InChI=1S/C27H36N4O4/c1-4-22-6-9-24(10-7-22)31(19-32)35-18-27(11-13-30(14-12-27)25(33)16-28)26(34)29-17-23-8-5-20(2)15-21(23)3/h5-10,15,19H,4,11-14,16-18,28H2,1-3H3,(H,29,34). The molecule has 35 heavy (non-hydrogen) atoms. The Morgan fingerprint density at radius 1 is 1.14 bits per heavy atom. The van der Waals surface area contributed by atoms with Gasteiger partial charge in [0.05, 0.1) is 24.3 Å². The van der Waals surface area contributed by atoms with Gasteiger partial charge in [-0.25, -0.2) is 0 Å². The first-order valence-electron chi connectivity index (χ1n) is 12.1. The smallest absolute Gasteiger partial charge is 0.238 e. The summed E-state index contributed by atoms with van der Waals surface area (Å²) in [4.78, 5) is 45.0. The molecule has 0 atom stereocenters. The lowest BCUT2D eigenvalue weighted by Crippen LogP contribution is -2.53. The number of hydrogen-bond donors (Lipinski definition) is 2. The summed E-state index contributed by atoms with van der Waals surface area (Å²) in [5.41, 5.74) is 9.72. The maximum absolute atomic E-state index is 13.5. The van der Waals surface area contributed by atoms with Crippen LogP contribution in [0.1, 0.15) is 42.0 Å². The summed E-state index contributed by atoms with van der Waals surface area (Å²) in [5, 5.41) is 4.23. The van der Waals surface area contributed by atoms with E-state index in [-0.39, 0.29) is 25.0 Å². The van der Waals surface area contributed by atoms with Crippen molar-refractivity contribution in [3.05, 3.63) is 64.7 Å². The minimum absolute atomic E-state index is 0.0185. The number of likely N-dealkylation sites (tertiary alicyclic amines) is 1. The number of piperidine rings is 1. The number of nitrogens with two attached hydrogens (primary N) is 1. The summed E-state index contributed by atoms with van der Waals surface area (Å²) in [6.45, 7) is 7.28. The molecule has 0 unspecified atom stereocenters. The quantitative estimate of drug-likeness (QED) is 0.402. The van der Waals surface area contributed by atoms with Crippen molar-refractivity contribution >= 4 is 23.9 Å². The first-order valence-corrected chi connectivity index (χ1v) is 12.1. The van der Waals surface area contributed by atoms with Crippen molar-refractivity contribution in [3.8, 4) is 0 Å². The highest BCUT2D eigenvalue weighted by Crippen LogP contribution is 2.33. The molecule has 1 heterocycles. The zero-order valence-electron chi connectivity index (χ0n) is 20.9. The van der Waals surface area contributed by atoms with Crippen molar-refractivity contribution in [2.45, 2.75) is 46.6 Å². The van der Waals surface area contributed by atoms with E-state index in [1.165, 1.54) is 5.56 Å². The van der Waals surface area contributed by atoms with Gasteiger partial charge in [-0.1, -0.05) is 42.8 Å². The number of amides is 3. The molecule has 3 rings (SSSR count). The van der Waals surface area contributed by atoms with Gasteiger partial charge >= 0.3 is 0 Å². The first-order chi connectivity index (χ1) is 16.8. The Morgan fingerprint density at radius 2 is 1.83 bits per heavy atom. The summed E-state index contributed by atoms with van der Waals surface area (Å²) in [6.07, 6.45) is 2.33. The van der Waals surface area contributed by atoms with Crippen molar-refractivity contribution in [2.24, 2.45) is 11.1 Å². The number of aryl methyl sites for hydroxylation is 3. The first kappa shape index (κ1) is 26.4. The highest BCUT2D eigenvalue weighted by molar-refractivity contribution is 5.84. The molecule has 2 aromatic rings. The highest BCUT2D eigenvalue weighted by Gasteiger charge is 2.43. The Hall–Kier alpha value is -3.23. The lowest BCUT2D eigenvalue weighted by Gasteiger charge is -2.40. The van der Waals surface area contributed by atoms with Crippen LogP contribution >= 0.6 is 0 Å². The maximum atomic E-state index is 13.5. The van der Waals surface area contributed by atoms with Crippen LogP contribution in [0.25, 0.3) is 0 Å². The minimum Gasteiger partial charge on any atom is -0.351 e. The molecule has 0 aliphatic carbocycles. The number of benzene rings is 2. The Morgan fingerprint density at radius 3 is 2.40 bits per heavy atom. The van der Waals surface area contributed by atoms with E-state index in [2.05, 4.69) is 18.3 Å². The van der Waals surface area contributed by atoms with Crippen LogP contribution in [0.3, 0.4) is 0 Å². The monoisotopic (exact) mass is 480 g/mol. The van der Waals surface area contributed by atoms with Gasteiger partial charge in [-0.3, -0.25) is 19.2 Å². The highest BCUT2D eigenvalue weighted by atomic mass is 16.7. The molecule has 2 aromatic carbocycles. The summed E-state index contributed by atoms with van der Waals surface area (Å²) in [5.74, 6) is -0.287. The molecule has 1 aliphatic heterocycles. The van der Waals surface area contributed by atoms with Gasteiger partial charge in [0, 0.05) is 19.6 Å². The summed E-state index contributed by atoms with van der Waals surface area (Å²) in [7, 11) is 0. The summed E-state index contributed by atoms with van der Waals surface area (Å²) in [6, 6.07) is 13.7. The van der Waals surface area contributed by atoms with Gasteiger partial charge in [0.15, 0.2) is 0 Å². The molecule has 3 N–H and O–H groups in total. The van der Waals surface area contributed by atoms with Gasteiger partial charge < -0.3 is 16.0 Å². The summed E-state index contributed by atoms with van der Waals surface area (Å²) < 4.78 is 0. The summed E-state index contributed by atoms with van der Waals surface area (Å²) >= 11 is 0. The van der Waals surface area contributed by atoms with Crippen LogP contribution in [0.4, 0.5) is 5.69 Å². The van der Waals surface area contributed by atoms with E-state index in [0.717, 1.165) is 28.2 Å². The van der Waals surface area contributed by atoms with Crippen LogP contribution < -0.4 is 16.1 Å². The molecular weight excluding hydrogens is 444 g/mol. The second kappa shape index (κ2) is 12.0. The van der Waals surface area contributed by atoms with Crippen molar-refractivity contribution in [2.75, 3.05) is 31.3 Å². The molecule has 8 heteroatoms. The van der Waals surface area contributed by atoms with Gasteiger partial charge in [-0.15, -0.1) is 0 Å². The van der Waals surface area contributed by atoms with Gasteiger partial charge in [0.25, 0.3) is 0 Å². The molecule has 0 saturated carbocycles. The SMILES string of the molecule is CCc1ccc(N(C=O)OCC2(C(=O)NCc3ccc(C)cc3C)CCN(C(=O)CN)CC2)cc1. The van der Waals surface area contributed by atoms with Crippen LogP contribution in [-0.4, -0.2) is 49.4 Å². The van der Waals surface area contributed by atoms with Crippen molar-refractivity contribution in [1.82, 2.24) is 10.2 Å². The third kappa shape index (κ3) is 6.46. The lowest BCUT2D eigenvalue weighted by atomic mass is 9.78. The fourth-order valence-corrected chi connectivity index (χ4v) is 4.39. The van der Waals surface area contributed by atoms with Crippen LogP contribution in [0, 0.1) is 19.3 Å². The molecule has 0 radical (unpaired) electrons. The number of nitrogens with zero attached hydrogens (tertiary/aromatic N) is 2. The van der Waals surface area contributed by atoms with E-state index >= 15 is 0 Å². The number of carbonyl (C=O) groups is 3. The fraction of sp³-hybridized carbons (Fsp3) is 0.444. The second-order valence-corrected chi connectivity index (χ2v) is 9.20. The Bertz CT molecular complexity index is 1030. The minimum atomic E-state index is -0.880. The number of nitrogens with one attached hydrogen (secondary N) is 1. The molecule has 1 saturated heterocycles. The molecule has 0 bridgehead atoms. The number of rotatable bonds is 10. The molecule has 3 amide bonds. The zero-order valence-corrected chi connectivity index (χ0v) is 20.9. The number of carbonyl (C=O) groups excluding carboxylic acids is 3. The van der Waals surface area contributed by atoms with Gasteiger partial charge in [0.1, 0.15) is 0 Å². The Balaban J connectivity index is 1.74.